The topological polar surface area (TPSA) is 76.7 Å². The summed E-state index contributed by atoms with van der Waals surface area (Å²) < 4.78 is 45.4. The fourth-order valence-electron chi connectivity index (χ4n) is 2.34. The Kier molecular flexibility index (Phi) is 8.24. The number of alkyl halides is 3. The van der Waals surface area contributed by atoms with E-state index in [2.05, 4.69) is 10.3 Å². The van der Waals surface area contributed by atoms with Crippen LogP contribution in [0.3, 0.4) is 0 Å². The van der Waals surface area contributed by atoms with Gasteiger partial charge in [-0.05, 0) is 25.8 Å². The van der Waals surface area contributed by atoms with Gasteiger partial charge in [0.2, 0.25) is 0 Å². The third-order valence-electron chi connectivity index (χ3n) is 4.22. The van der Waals surface area contributed by atoms with Crippen molar-refractivity contribution < 1.29 is 22.7 Å². The second-order valence-electron chi connectivity index (χ2n) is 6.84. The average molecular weight is 363 g/mol. The summed E-state index contributed by atoms with van der Waals surface area (Å²) in [6.45, 7) is 4.26. The first-order chi connectivity index (χ1) is 11.6. The molecule has 3 N–H and O–H groups in total. The van der Waals surface area contributed by atoms with Crippen LogP contribution in [0.1, 0.15) is 33.6 Å². The molecule has 0 saturated carbocycles. The minimum atomic E-state index is -3.52. The van der Waals surface area contributed by atoms with Crippen molar-refractivity contribution in [3.63, 3.8) is 0 Å². The Balaban J connectivity index is 2.88. The zero-order chi connectivity index (χ0) is 19.1. The molecule has 0 fully saturated rings. The second-order valence-corrected chi connectivity index (χ2v) is 6.84. The van der Waals surface area contributed by atoms with Crippen molar-refractivity contribution in [3.05, 3.63) is 11.6 Å². The predicted octanol–water partition coefficient (Wildman–Crippen LogP) is 2.26. The van der Waals surface area contributed by atoms with Gasteiger partial charge in [-0.25, -0.2) is 4.39 Å². The number of carbonyl (C=O) groups excluding carboxylic acids is 1. The maximum Gasteiger partial charge on any atom is 0.297 e. The number of nitrogens with two attached hydrogens (primary N) is 1. The Morgan fingerprint density at radius 3 is 2.80 bits per heavy atom. The third kappa shape index (κ3) is 6.87. The van der Waals surface area contributed by atoms with E-state index in [0.717, 1.165) is 0 Å². The summed E-state index contributed by atoms with van der Waals surface area (Å²) in [7, 11) is 0. The molecule has 0 aromatic heterocycles. The van der Waals surface area contributed by atoms with Crippen LogP contribution in [0.15, 0.2) is 16.6 Å². The van der Waals surface area contributed by atoms with Gasteiger partial charge in [0.05, 0.1) is 12.3 Å². The molecule has 0 aromatic rings. The van der Waals surface area contributed by atoms with Crippen molar-refractivity contribution in [2.45, 2.75) is 45.7 Å². The minimum absolute atomic E-state index is 0.0104. The van der Waals surface area contributed by atoms with Gasteiger partial charge in [-0.3, -0.25) is 9.79 Å². The van der Waals surface area contributed by atoms with E-state index in [4.69, 9.17) is 10.5 Å². The molecule has 25 heavy (non-hydrogen) atoms. The largest absolute Gasteiger partial charge is 0.374 e. The summed E-state index contributed by atoms with van der Waals surface area (Å²) in [4.78, 5) is 15.9. The number of Topliss-reactive ketones (excluding diaryl/α,β-unsaturated/α-hetero) is 1. The Morgan fingerprint density at radius 1 is 1.52 bits per heavy atom. The molecule has 0 aromatic carbocycles. The second kappa shape index (κ2) is 9.45. The zero-order valence-electron chi connectivity index (χ0n) is 15.1. The summed E-state index contributed by atoms with van der Waals surface area (Å²) in [5, 5.41) is 2.85. The normalized spacial score (nSPS) is 25.3. The van der Waals surface area contributed by atoms with Crippen LogP contribution < -0.4 is 11.1 Å². The van der Waals surface area contributed by atoms with Gasteiger partial charge in [0, 0.05) is 24.1 Å². The minimum Gasteiger partial charge on any atom is -0.374 e. The molecule has 1 aliphatic rings. The molecule has 0 amide bonds. The Bertz CT molecular complexity index is 519. The van der Waals surface area contributed by atoms with E-state index in [1.807, 2.05) is 13.8 Å². The van der Waals surface area contributed by atoms with Crippen molar-refractivity contribution in [2.24, 2.45) is 16.1 Å². The highest BCUT2D eigenvalue weighted by Crippen LogP contribution is 2.35. The smallest absolute Gasteiger partial charge is 0.297 e. The number of carbonyl (C=O) groups is 1. The summed E-state index contributed by atoms with van der Waals surface area (Å²) in [5.74, 6) is -3.68. The van der Waals surface area contributed by atoms with Crippen molar-refractivity contribution in [1.82, 2.24) is 5.32 Å². The number of hydrogen-bond donors (Lipinski definition) is 2. The maximum atomic E-state index is 13.8. The fraction of sp³-hybridized carbons (Fsp3) is 0.765. The zero-order valence-corrected chi connectivity index (χ0v) is 15.1. The van der Waals surface area contributed by atoms with Gasteiger partial charge in [0.15, 0.2) is 12.5 Å². The molecule has 1 rings (SSSR count). The van der Waals surface area contributed by atoms with Crippen molar-refractivity contribution in [2.75, 3.05) is 33.0 Å². The van der Waals surface area contributed by atoms with Gasteiger partial charge >= 0.3 is 0 Å². The van der Waals surface area contributed by atoms with Gasteiger partial charge in [-0.1, -0.05) is 13.8 Å². The van der Waals surface area contributed by atoms with Crippen LogP contribution in [0.2, 0.25) is 0 Å². The summed E-state index contributed by atoms with van der Waals surface area (Å²) in [6.07, 6.45) is 1.06. The van der Waals surface area contributed by atoms with Gasteiger partial charge in [-0.15, -0.1) is 0 Å². The van der Waals surface area contributed by atoms with Gasteiger partial charge in [-0.2, -0.15) is 8.78 Å². The maximum absolute atomic E-state index is 13.8. The van der Waals surface area contributed by atoms with E-state index in [-0.39, 0.29) is 43.2 Å². The lowest BCUT2D eigenvalue weighted by molar-refractivity contribution is -0.122. The molecule has 0 saturated heterocycles. The Labute approximate surface area is 146 Å². The quantitative estimate of drug-likeness (QED) is 0.659. The van der Waals surface area contributed by atoms with E-state index < -0.39 is 24.2 Å². The lowest BCUT2D eigenvalue weighted by Gasteiger charge is -2.32. The Hall–Kier alpha value is -1.25. The van der Waals surface area contributed by atoms with Crippen molar-refractivity contribution in [3.8, 4) is 0 Å². The molecular formula is C17H28F3N3O2. The van der Waals surface area contributed by atoms with Gasteiger partial charge in [0.25, 0.3) is 5.92 Å². The number of ketones is 1. The number of nitrogens with one attached hydrogen (secondary N) is 1. The van der Waals surface area contributed by atoms with Crippen LogP contribution in [-0.2, 0) is 9.53 Å². The Morgan fingerprint density at radius 2 is 2.20 bits per heavy atom. The van der Waals surface area contributed by atoms with E-state index in [1.54, 1.807) is 6.92 Å². The summed E-state index contributed by atoms with van der Waals surface area (Å²) in [5.41, 5.74) is 5.56. The molecule has 1 heterocycles. The van der Waals surface area contributed by atoms with Crippen molar-refractivity contribution in [1.29, 1.82) is 0 Å². The van der Waals surface area contributed by atoms with E-state index >= 15 is 0 Å². The molecule has 1 aliphatic heterocycles. The lowest BCUT2D eigenvalue weighted by Crippen LogP contribution is -2.40. The number of ether oxygens (including phenoxy) is 1. The monoisotopic (exact) mass is 363 g/mol. The number of rotatable bonds is 9. The molecular weight excluding hydrogens is 335 g/mol. The lowest BCUT2D eigenvalue weighted by atomic mass is 9.81. The van der Waals surface area contributed by atoms with Gasteiger partial charge < -0.3 is 15.8 Å². The first kappa shape index (κ1) is 21.8. The molecule has 0 aliphatic carbocycles. The highest BCUT2D eigenvalue weighted by Gasteiger charge is 2.37. The van der Waals surface area contributed by atoms with Crippen LogP contribution in [0.4, 0.5) is 13.2 Å². The fourth-order valence-corrected chi connectivity index (χ4v) is 2.34. The standard InChI is InChI=1S/C17H28F3N3O2/c1-4-25-10-14(24)9-22-8-13-7-12(17(19,20)11-18)5-6-16(2,3)15(21)23-13/h7,15,22H,4-6,8-11,21H2,1-3H3/b12-7+,23-13+. The highest BCUT2D eigenvalue weighted by atomic mass is 19.3. The molecule has 0 radical (unpaired) electrons. The number of nitrogens with zero attached hydrogens (tertiary/aromatic N) is 1. The molecule has 5 nitrogen and oxygen atoms in total. The molecule has 144 valence electrons. The van der Waals surface area contributed by atoms with E-state index in [9.17, 15) is 18.0 Å². The van der Waals surface area contributed by atoms with Crippen LogP contribution >= 0.6 is 0 Å². The number of aliphatic imine (C=N–C) groups is 1. The number of halogens is 3. The predicted molar refractivity (Wildman–Crippen MR) is 91.8 cm³/mol. The number of allylic oxidation sites excluding steroid dienone is 1. The van der Waals surface area contributed by atoms with Crippen LogP contribution in [0.25, 0.3) is 0 Å². The summed E-state index contributed by atoms with van der Waals surface area (Å²) >= 11 is 0. The van der Waals surface area contributed by atoms with Crippen LogP contribution in [0, 0.1) is 5.41 Å². The van der Waals surface area contributed by atoms with Crippen LogP contribution in [-0.4, -0.2) is 56.6 Å². The molecule has 8 heteroatoms. The molecule has 1 atom stereocenters. The van der Waals surface area contributed by atoms with E-state index in [1.165, 1.54) is 6.08 Å². The molecule has 0 spiro atoms. The van der Waals surface area contributed by atoms with Crippen LogP contribution in [0.5, 0.6) is 0 Å². The first-order valence-corrected chi connectivity index (χ1v) is 8.39. The SMILES string of the molecule is CCOCC(=O)CNCC1=N/C(N)C(C)(C)CC/C(C(F)(F)CF)=C\1. The van der Waals surface area contributed by atoms with Gasteiger partial charge in [0.1, 0.15) is 12.8 Å². The first-order valence-electron chi connectivity index (χ1n) is 8.39. The number of hydrogen-bond acceptors (Lipinski definition) is 5. The van der Waals surface area contributed by atoms with Crippen molar-refractivity contribution >= 4 is 11.5 Å². The average Bonchev–Trinajstić information content (AvgIpc) is 2.54. The van der Waals surface area contributed by atoms with E-state index in [0.29, 0.717) is 13.0 Å². The summed E-state index contributed by atoms with van der Waals surface area (Å²) in [6, 6.07) is 0. The molecule has 0 bridgehead atoms. The highest BCUT2D eigenvalue weighted by molar-refractivity contribution is 5.98. The third-order valence-corrected chi connectivity index (χ3v) is 4.22. The molecule has 1 unspecified atom stereocenters.